The van der Waals surface area contributed by atoms with E-state index in [-0.39, 0.29) is 6.04 Å². The Morgan fingerprint density at radius 3 is 2.32 bits per heavy atom. The van der Waals surface area contributed by atoms with Crippen molar-refractivity contribution in [3.63, 3.8) is 0 Å². The van der Waals surface area contributed by atoms with Crippen LogP contribution < -0.4 is 10.6 Å². The molecule has 1 heterocycles. The standard InChI is InChI=1S/C10H16F3N3O3/c1-9(7(17)18,10(11,12)13)15-8(19)14-6-3-4-16(2)5-6/h6H,3-5H2,1-2H3,(H,17,18)(H2,14,15,19). The Morgan fingerprint density at radius 1 is 1.37 bits per heavy atom. The largest absolute Gasteiger partial charge is 0.479 e. The number of rotatable bonds is 3. The molecule has 0 radical (unpaired) electrons. The molecule has 6 nitrogen and oxygen atoms in total. The summed E-state index contributed by atoms with van der Waals surface area (Å²) in [4.78, 5) is 24.1. The molecular weight excluding hydrogens is 267 g/mol. The summed E-state index contributed by atoms with van der Waals surface area (Å²) in [6, 6.07) is -1.42. The van der Waals surface area contributed by atoms with Gasteiger partial charge in [-0.15, -0.1) is 0 Å². The fourth-order valence-electron chi connectivity index (χ4n) is 1.75. The molecule has 3 N–H and O–H groups in total. The predicted octanol–water partition coefficient (Wildman–Crippen LogP) is 0.395. The molecule has 19 heavy (non-hydrogen) atoms. The Balaban J connectivity index is 2.65. The second-order valence-electron chi connectivity index (χ2n) is 4.77. The number of carbonyl (C=O) groups is 2. The molecule has 1 rings (SSSR count). The van der Waals surface area contributed by atoms with Gasteiger partial charge in [0.05, 0.1) is 0 Å². The van der Waals surface area contributed by atoms with Crippen LogP contribution in [0.2, 0.25) is 0 Å². The number of carboxylic acid groups (broad SMARTS) is 1. The number of nitrogens with one attached hydrogen (secondary N) is 2. The van der Waals surface area contributed by atoms with E-state index < -0.39 is 23.7 Å². The lowest BCUT2D eigenvalue weighted by Gasteiger charge is -2.29. The van der Waals surface area contributed by atoms with Crippen molar-refractivity contribution in [2.75, 3.05) is 20.1 Å². The van der Waals surface area contributed by atoms with Crippen LogP contribution in [0.25, 0.3) is 0 Å². The molecule has 0 aromatic rings. The minimum Gasteiger partial charge on any atom is -0.479 e. The van der Waals surface area contributed by atoms with Crippen LogP contribution in [-0.4, -0.2) is 59.9 Å². The normalized spacial score (nSPS) is 23.7. The summed E-state index contributed by atoms with van der Waals surface area (Å²) in [5.41, 5.74) is -3.30. The van der Waals surface area contributed by atoms with Crippen LogP contribution in [0.5, 0.6) is 0 Å². The first kappa shape index (κ1) is 15.5. The Hall–Kier alpha value is -1.51. The molecule has 0 aliphatic carbocycles. The lowest BCUT2D eigenvalue weighted by molar-refractivity contribution is -0.203. The van der Waals surface area contributed by atoms with Gasteiger partial charge in [0, 0.05) is 12.6 Å². The van der Waals surface area contributed by atoms with Crippen molar-refractivity contribution >= 4 is 12.0 Å². The topological polar surface area (TPSA) is 81.7 Å². The predicted molar refractivity (Wildman–Crippen MR) is 59.7 cm³/mol. The highest BCUT2D eigenvalue weighted by Gasteiger charge is 2.58. The molecule has 110 valence electrons. The third-order valence-corrected chi connectivity index (χ3v) is 3.08. The average Bonchev–Trinajstić information content (AvgIpc) is 2.61. The highest BCUT2D eigenvalue weighted by atomic mass is 19.4. The lowest BCUT2D eigenvalue weighted by Crippen LogP contribution is -2.64. The number of carboxylic acids is 1. The van der Waals surface area contributed by atoms with Crippen molar-refractivity contribution < 1.29 is 27.9 Å². The van der Waals surface area contributed by atoms with E-state index in [0.29, 0.717) is 19.9 Å². The van der Waals surface area contributed by atoms with E-state index in [4.69, 9.17) is 5.11 Å². The maximum atomic E-state index is 12.7. The fraction of sp³-hybridized carbons (Fsp3) is 0.800. The summed E-state index contributed by atoms with van der Waals surface area (Å²) in [6.45, 7) is 1.65. The van der Waals surface area contributed by atoms with Crippen molar-refractivity contribution in [3.05, 3.63) is 0 Å². The molecule has 0 aromatic heterocycles. The molecule has 0 bridgehead atoms. The van der Waals surface area contributed by atoms with Crippen molar-refractivity contribution in [2.24, 2.45) is 0 Å². The molecule has 2 amide bonds. The summed E-state index contributed by atoms with van der Waals surface area (Å²) in [5, 5.41) is 12.5. The van der Waals surface area contributed by atoms with Gasteiger partial charge < -0.3 is 20.6 Å². The molecule has 2 atom stereocenters. The van der Waals surface area contributed by atoms with E-state index >= 15 is 0 Å². The van der Waals surface area contributed by atoms with Gasteiger partial charge in [0.2, 0.25) is 5.54 Å². The monoisotopic (exact) mass is 283 g/mol. The quantitative estimate of drug-likeness (QED) is 0.700. The van der Waals surface area contributed by atoms with Gasteiger partial charge in [0.25, 0.3) is 0 Å². The number of likely N-dealkylation sites (tertiary alicyclic amines) is 1. The van der Waals surface area contributed by atoms with Crippen LogP contribution in [-0.2, 0) is 4.79 Å². The van der Waals surface area contributed by atoms with E-state index in [2.05, 4.69) is 5.32 Å². The highest BCUT2D eigenvalue weighted by Crippen LogP contribution is 2.30. The second-order valence-corrected chi connectivity index (χ2v) is 4.77. The number of amides is 2. The fourth-order valence-corrected chi connectivity index (χ4v) is 1.75. The number of urea groups is 1. The first-order valence-electron chi connectivity index (χ1n) is 5.63. The molecule has 0 saturated carbocycles. The lowest BCUT2D eigenvalue weighted by atomic mass is 10.0. The van der Waals surface area contributed by atoms with Crippen molar-refractivity contribution in [3.8, 4) is 0 Å². The minimum atomic E-state index is -5.08. The summed E-state index contributed by atoms with van der Waals surface area (Å²) < 4.78 is 38.0. The number of hydrogen-bond donors (Lipinski definition) is 3. The number of alkyl halides is 3. The third-order valence-electron chi connectivity index (χ3n) is 3.08. The first-order valence-corrected chi connectivity index (χ1v) is 5.63. The Morgan fingerprint density at radius 2 is 1.95 bits per heavy atom. The Kier molecular flexibility index (Phi) is 4.28. The Bertz CT molecular complexity index is 375. The number of nitrogens with zero attached hydrogens (tertiary/aromatic N) is 1. The van der Waals surface area contributed by atoms with Gasteiger partial charge in [-0.3, -0.25) is 0 Å². The van der Waals surface area contributed by atoms with Gasteiger partial charge in [-0.05, 0) is 26.9 Å². The average molecular weight is 283 g/mol. The summed E-state index contributed by atoms with van der Waals surface area (Å²) >= 11 is 0. The number of halogens is 3. The smallest absolute Gasteiger partial charge is 0.422 e. The zero-order valence-corrected chi connectivity index (χ0v) is 10.5. The SMILES string of the molecule is CN1CCC(NC(=O)NC(C)(C(=O)O)C(F)(F)F)C1. The second kappa shape index (κ2) is 5.24. The molecule has 9 heteroatoms. The van der Waals surface area contributed by atoms with E-state index in [1.54, 1.807) is 0 Å². The molecule has 1 aliphatic heterocycles. The maximum absolute atomic E-state index is 12.7. The van der Waals surface area contributed by atoms with Crippen LogP contribution in [0.3, 0.4) is 0 Å². The summed E-state index contributed by atoms with van der Waals surface area (Å²) in [5.74, 6) is -2.15. The first-order chi connectivity index (χ1) is 8.56. The molecule has 0 aromatic carbocycles. The van der Waals surface area contributed by atoms with Gasteiger partial charge in [-0.2, -0.15) is 13.2 Å². The zero-order chi connectivity index (χ0) is 14.8. The molecule has 0 spiro atoms. The van der Waals surface area contributed by atoms with Crippen molar-refractivity contribution in [1.29, 1.82) is 0 Å². The number of hydrogen-bond acceptors (Lipinski definition) is 3. The van der Waals surface area contributed by atoms with Crippen LogP contribution in [0.15, 0.2) is 0 Å². The van der Waals surface area contributed by atoms with E-state index in [1.165, 1.54) is 5.32 Å². The van der Waals surface area contributed by atoms with Crippen molar-refractivity contribution in [1.82, 2.24) is 15.5 Å². The molecule has 1 fully saturated rings. The van der Waals surface area contributed by atoms with E-state index in [9.17, 15) is 22.8 Å². The van der Waals surface area contributed by atoms with Gasteiger partial charge in [-0.1, -0.05) is 0 Å². The molecular formula is C10H16F3N3O3. The van der Waals surface area contributed by atoms with Crippen LogP contribution in [0.4, 0.5) is 18.0 Å². The molecule has 1 saturated heterocycles. The van der Waals surface area contributed by atoms with E-state index in [1.807, 2.05) is 11.9 Å². The summed E-state index contributed by atoms with van der Waals surface area (Å²) in [6.07, 6.45) is -4.47. The van der Waals surface area contributed by atoms with Crippen LogP contribution >= 0.6 is 0 Å². The molecule has 2 unspecified atom stereocenters. The van der Waals surface area contributed by atoms with Gasteiger partial charge >= 0.3 is 18.2 Å². The van der Waals surface area contributed by atoms with E-state index in [0.717, 1.165) is 6.54 Å². The van der Waals surface area contributed by atoms with Crippen LogP contribution in [0, 0.1) is 0 Å². The van der Waals surface area contributed by atoms with Crippen molar-refractivity contribution in [2.45, 2.75) is 31.1 Å². The number of likely N-dealkylation sites (N-methyl/N-ethyl adjacent to an activating group) is 1. The van der Waals surface area contributed by atoms with Gasteiger partial charge in [0.1, 0.15) is 0 Å². The number of carbonyl (C=O) groups excluding carboxylic acids is 1. The van der Waals surface area contributed by atoms with Gasteiger partial charge in [-0.25, -0.2) is 9.59 Å². The number of aliphatic carboxylic acids is 1. The highest BCUT2D eigenvalue weighted by molar-refractivity contribution is 5.86. The maximum Gasteiger partial charge on any atom is 0.422 e. The van der Waals surface area contributed by atoms with Crippen LogP contribution in [0.1, 0.15) is 13.3 Å². The zero-order valence-electron chi connectivity index (χ0n) is 10.5. The van der Waals surface area contributed by atoms with Gasteiger partial charge in [0.15, 0.2) is 0 Å². The molecule has 1 aliphatic rings. The minimum absolute atomic E-state index is 0.281. The summed E-state index contributed by atoms with van der Waals surface area (Å²) in [7, 11) is 1.82. The third kappa shape index (κ3) is 3.49. The Labute approximate surface area is 107 Å².